The highest BCUT2D eigenvalue weighted by Gasteiger charge is 2.41. The summed E-state index contributed by atoms with van der Waals surface area (Å²) >= 11 is 0. The number of halogens is 1. The molecule has 0 unspecified atom stereocenters. The highest BCUT2D eigenvalue weighted by Crippen LogP contribution is 2.25. The van der Waals surface area contributed by atoms with Crippen molar-refractivity contribution >= 4 is 18.3 Å². The van der Waals surface area contributed by atoms with Crippen LogP contribution < -0.4 is 5.32 Å². The van der Waals surface area contributed by atoms with Crippen molar-refractivity contribution < 1.29 is 29.0 Å². The van der Waals surface area contributed by atoms with E-state index in [4.69, 9.17) is 5.11 Å². The van der Waals surface area contributed by atoms with Gasteiger partial charge in [0.1, 0.15) is 17.7 Å². The van der Waals surface area contributed by atoms with Crippen LogP contribution in [0.15, 0.2) is 24.3 Å². The van der Waals surface area contributed by atoms with E-state index in [2.05, 4.69) is 5.32 Å². The Balaban J connectivity index is 2.07. The molecule has 1 aliphatic rings. The first-order chi connectivity index (χ1) is 11.9. The standard InChI is InChI=1S/C17H21FN2O5/c18-13-5-3-12(4-6-13)14(2-1-11-21)19-15(22)17(25)7-9-20(10-8-17)16(23)24/h3-6,11,14,25H,1-2,7-10H2,(H,19,22)(H,23,24)/t14-/m1/s1. The molecule has 0 saturated carbocycles. The summed E-state index contributed by atoms with van der Waals surface area (Å²) in [5.41, 5.74) is -1.03. The molecule has 8 heteroatoms. The zero-order chi connectivity index (χ0) is 18.4. The van der Waals surface area contributed by atoms with Gasteiger partial charge in [0.15, 0.2) is 0 Å². The molecular weight excluding hydrogens is 331 g/mol. The molecule has 1 fully saturated rings. The van der Waals surface area contributed by atoms with Crippen LogP contribution in [-0.4, -0.2) is 52.1 Å². The number of carboxylic acid groups (broad SMARTS) is 1. The van der Waals surface area contributed by atoms with Crippen LogP contribution in [-0.2, 0) is 9.59 Å². The number of carbonyl (C=O) groups excluding carboxylic acids is 2. The second-order valence-corrected chi connectivity index (χ2v) is 6.12. The molecule has 0 spiro atoms. The highest BCUT2D eigenvalue weighted by atomic mass is 19.1. The van der Waals surface area contributed by atoms with E-state index in [9.17, 15) is 23.9 Å². The van der Waals surface area contributed by atoms with Gasteiger partial charge in [0, 0.05) is 32.4 Å². The minimum Gasteiger partial charge on any atom is -0.465 e. The molecule has 0 bridgehead atoms. The van der Waals surface area contributed by atoms with E-state index in [1.165, 1.54) is 24.3 Å². The summed E-state index contributed by atoms with van der Waals surface area (Å²) in [6, 6.07) is 5.01. The number of hydrogen-bond donors (Lipinski definition) is 3. The minimum absolute atomic E-state index is 0.00501. The fourth-order valence-corrected chi connectivity index (χ4v) is 2.84. The van der Waals surface area contributed by atoms with E-state index in [-0.39, 0.29) is 32.4 Å². The van der Waals surface area contributed by atoms with Gasteiger partial charge in [-0.3, -0.25) is 4.79 Å². The molecule has 2 rings (SSSR count). The first kappa shape index (κ1) is 18.9. The molecule has 25 heavy (non-hydrogen) atoms. The Morgan fingerprint density at radius 1 is 1.28 bits per heavy atom. The summed E-state index contributed by atoms with van der Waals surface area (Å²) in [5, 5.41) is 22.2. The molecular formula is C17H21FN2O5. The molecule has 0 aliphatic carbocycles. The van der Waals surface area contributed by atoms with Gasteiger partial charge in [-0.1, -0.05) is 12.1 Å². The van der Waals surface area contributed by atoms with E-state index in [1.54, 1.807) is 0 Å². The molecule has 0 radical (unpaired) electrons. The Morgan fingerprint density at radius 3 is 2.40 bits per heavy atom. The third kappa shape index (κ3) is 4.76. The Labute approximate surface area is 144 Å². The molecule has 2 amide bonds. The number of amides is 2. The maximum Gasteiger partial charge on any atom is 0.407 e. The maximum absolute atomic E-state index is 13.1. The third-order valence-electron chi connectivity index (χ3n) is 4.43. The lowest BCUT2D eigenvalue weighted by Gasteiger charge is -2.36. The summed E-state index contributed by atoms with van der Waals surface area (Å²) in [5.74, 6) is -1.03. The van der Waals surface area contributed by atoms with Gasteiger partial charge in [-0.25, -0.2) is 9.18 Å². The average Bonchev–Trinajstić information content (AvgIpc) is 2.59. The number of aliphatic hydroxyl groups is 1. The largest absolute Gasteiger partial charge is 0.465 e. The second kappa shape index (κ2) is 8.06. The zero-order valence-electron chi connectivity index (χ0n) is 13.7. The zero-order valence-corrected chi connectivity index (χ0v) is 13.7. The van der Waals surface area contributed by atoms with E-state index in [1.807, 2.05) is 0 Å². The fraction of sp³-hybridized carbons (Fsp3) is 0.471. The van der Waals surface area contributed by atoms with E-state index in [0.717, 1.165) is 11.2 Å². The van der Waals surface area contributed by atoms with Crippen LogP contribution in [0.25, 0.3) is 0 Å². The number of rotatable bonds is 6. The van der Waals surface area contributed by atoms with Crippen molar-refractivity contribution in [1.29, 1.82) is 0 Å². The van der Waals surface area contributed by atoms with Gasteiger partial charge in [0.25, 0.3) is 5.91 Å². The van der Waals surface area contributed by atoms with Gasteiger partial charge in [-0.2, -0.15) is 0 Å². The first-order valence-corrected chi connectivity index (χ1v) is 8.06. The van der Waals surface area contributed by atoms with Crippen LogP contribution in [0, 0.1) is 5.82 Å². The number of carbonyl (C=O) groups is 3. The fourth-order valence-electron chi connectivity index (χ4n) is 2.84. The predicted octanol–water partition coefficient (Wildman–Crippen LogP) is 1.47. The molecule has 3 N–H and O–H groups in total. The Hall–Kier alpha value is -2.48. The number of nitrogens with one attached hydrogen (secondary N) is 1. The van der Waals surface area contributed by atoms with E-state index in [0.29, 0.717) is 12.0 Å². The van der Waals surface area contributed by atoms with Crippen molar-refractivity contribution in [2.45, 2.75) is 37.3 Å². The Kier molecular flexibility index (Phi) is 6.08. The quantitative estimate of drug-likeness (QED) is 0.672. The summed E-state index contributed by atoms with van der Waals surface area (Å²) in [4.78, 5) is 35.3. The molecule has 1 aliphatic heterocycles. The Bertz CT molecular complexity index is 626. The van der Waals surface area contributed by atoms with Crippen molar-refractivity contribution in [2.24, 2.45) is 0 Å². The van der Waals surface area contributed by atoms with Crippen molar-refractivity contribution in [3.8, 4) is 0 Å². The van der Waals surface area contributed by atoms with Crippen molar-refractivity contribution in [1.82, 2.24) is 10.2 Å². The van der Waals surface area contributed by atoms with Crippen LogP contribution in [0.3, 0.4) is 0 Å². The van der Waals surface area contributed by atoms with Gasteiger partial charge in [0.2, 0.25) is 0 Å². The van der Waals surface area contributed by atoms with Crippen molar-refractivity contribution in [3.05, 3.63) is 35.6 Å². The second-order valence-electron chi connectivity index (χ2n) is 6.12. The van der Waals surface area contributed by atoms with Crippen molar-refractivity contribution in [2.75, 3.05) is 13.1 Å². The number of nitrogens with zero attached hydrogens (tertiary/aromatic N) is 1. The summed E-state index contributed by atoms with van der Waals surface area (Å²) in [7, 11) is 0. The lowest BCUT2D eigenvalue weighted by Crippen LogP contribution is -2.55. The summed E-state index contributed by atoms with van der Waals surface area (Å²) < 4.78 is 13.1. The van der Waals surface area contributed by atoms with Crippen LogP contribution in [0.4, 0.5) is 9.18 Å². The van der Waals surface area contributed by atoms with Gasteiger partial charge in [0.05, 0.1) is 6.04 Å². The lowest BCUT2D eigenvalue weighted by atomic mass is 9.89. The predicted molar refractivity (Wildman–Crippen MR) is 86.4 cm³/mol. The summed E-state index contributed by atoms with van der Waals surface area (Å²) in [6.07, 6.45) is 0.149. The molecule has 1 heterocycles. The molecule has 1 atom stereocenters. The minimum atomic E-state index is -1.66. The van der Waals surface area contributed by atoms with Gasteiger partial charge in [-0.15, -0.1) is 0 Å². The monoisotopic (exact) mass is 352 g/mol. The molecule has 7 nitrogen and oxygen atoms in total. The number of likely N-dealkylation sites (tertiary alicyclic amines) is 1. The maximum atomic E-state index is 13.1. The van der Waals surface area contributed by atoms with E-state index < -0.39 is 29.5 Å². The third-order valence-corrected chi connectivity index (χ3v) is 4.43. The highest BCUT2D eigenvalue weighted by molar-refractivity contribution is 5.85. The van der Waals surface area contributed by atoms with E-state index >= 15 is 0 Å². The topological polar surface area (TPSA) is 107 Å². The molecule has 1 aromatic rings. The number of aldehydes is 1. The lowest BCUT2D eigenvalue weighted by molar-refractivity contribution is -0.145. The van der Waals surface area contributed by atoms with Gasteiger partial charge < -0.3 is 25.2 Å². The average molecular weight is 352 g/mol. The molecule has 1 aromatic carbocycles. The number of piperidine rings is 1. The number of hydrogen-bond acceptors (Lipinski definition) is 4. The van der Waals surface area contributed by atoms with Crippen LogP contribution in [0.1, 0.15) is 37.3 Å². The normalized spacial score (nSPS) is 17.6. The van der Waals surface area contributed by atoms with Crippen LogP contribution in [0.5, 0.6) is 0 Å². The van der Waals surface area contributed by atoms with Crippen molar-refractivity contribution in [3.63, 3.8) is 0 Å². The molecule has 136 valence electrons. The van der Waals surface area contributed by atoms with Crippen LogP contribution >= 0.6 is 0 Å². The summed E-state index contributed by atoms with van der Waals surface area (Å²) in [6.45, 7) is 0.129. The number of benzene rings is 1. The van der Waals surface area contributed by atoms with Gasteiger partial charge in [-0.05, 0) is 24.1 Å². The Morgan fingerprint density at radius 2 is 1.88 bits per heavy atom. The SMILES string of the molecule is O=CCC[C@@H](NC(=O)C1(O)CCN(C(=O)O)CC1)c1ccc(F)cc1. The smallest absolute Gasteiger partial charge is 0.407 e. The van der Waals surface area contributed by atoms with Crippen LogP contribution in [0.2, 0.25) is 0 Å². The molecule has 0 aromatic heterocycles. The first-order valence-electron chi connectivity index (χ1n) is 8.06. The van der Waals surface area contributed by atoms with Gasteiger partial charge >= 0.3 is 6.09 Å². The molecule has 1 saturated heterocycles.